The minimum Gasteiger partial charge on any atom is -0.743 e. The number of rotatable bonds is 4. The number of carbonyl (C=O) groups excluding carboxylic acids is 1. The van der Waals surface area contributed by atoms with Crippen LogP contribution in [0.4, 0.5) is 8.78 Å². The molecule has 5 nitrogen and oxygen atoms in total. The highest BCUT2D eigenvalue weighted by molar-refractivity contribution is 7.86. The van der Waals surface area contributed by atoms with E-state index in [1.54, 1.807) is 0 Å². The summed E-state index contributed by atoms with van der Waals surface area (Å²) in [6.07, 6.45) is 0. The molecule has 0 aliphatic carbocycles. The fourth-order valence-corrected chi connectivity index (χ4v) is 1.44. The third kappa shape index (κ3) is 3.10. The highest BCUT2D eigenvalue weighted by atomic mass is 32.2. The van der Waals surface area contributed by atoms with E-state index >= 15 is 0 Å². The van der Waals surface area contributed by atoms with E-state index in [2.05, 4.69) is 4.74 Å². The summed E-state index contributed by atoms with van der Waals surface area (Å²) in [5.41, 5.74) is -2.26. The fourth-order valence-electron chi connectivity index (χ4n) is 0.704. The molecule has 0 aromatic heterocycles. The SMILES string of the molecule is CC(=O)OCC(C)(C)C(F)(F)S(=O)(=O)[O-]. The van der Waals surface area contributed by atoms with Crippen LogP contribution in [0.1, 0.15) is 20.8 Å². The molecular weight excluding hydrogens is 234 g/mol. The summed E-state index contributed by atoms with van der Waals surface area (Å²) in [5.74, 6) is -0.831. The first-order valence-corrected chi connectivity index (χ1v) is 5.29. The van der Waals surface area contributed by atoms with Crippen LogP contribution in [0.3, 0.4) is 0 Å². The van der Waals surface area contributed by atoms with E-state index in [9.17, 15) is 26.5 Å². The zero-order valence-electron chi connectivity index (χ0n) is 8.41. The summed E-state index contributed by atoms with van der Waals surface area (Å²) in [6.45, 7) is 1.79. The second-order valence-corrected chi connectivity index (χ2v) is 5.06. The van der Waals surface area contributed by atoms with Gasteiger partial charge in [0.05, 0.1) is 5.41 Å². The van der Waals surface area contributed by atoms with E-state index in [0.29, 0.717) is 0 Å². The number of hydrogen-bond acceptors (Lipinski definition) is 5. The van der Waals surface area contributed by atoms with Gasteiger partial charge in [0.2, 0.25) is 0 Å². The van der Waals surface area contributed by atoms with Gasteiger partial charge in [-0.1, -0.05) is 0 Å². The summed E-state index contributed by atoms with van der Waals surface area (Å²) in [4.78, 5) is 10.4. The predicted octanol–water partition coefficient (Wildman–Crippen LogP) is 0.714. The topological polar surface area (TPSA) is 83.5 Å². The largest absolute Gasteiger partial charge is 0.743 e. The number of alkyl halides is 2. The van der Waals surface area contributed by atoms with Crippen molar-refractivity contribution in [1.29, 1.82) is 0 Å². The van der Waals surface area contributed by atoms with Crippen molar-refractivity contribution in [3.05, 3.63) is 0 Å². The molecule has 0 aliphatic heterocycles. The molecule has 0 aliphatic rings. The van der Waals surface area contributed by atoms with Gasteiger partial charge in [-0.2, -0.15) is 8.78 Å². The van der Waals surface area contributed by atoms with Crippen molar-refractivity contribution in [3.8, 4) is 0 Å². The van der Waals surface area contributed by atoms with Gasteiger partial charge in [-0.3, -0.25) is 4.79 Å². The molecule has 15 heavy (non-hydrogen) atoms. The van der Waals surface area contributed by atoms with Crippen LogP contribution in [0.15, 0.2) is 0 Å². The van der Waals surface area contributed by atoms with Crippen LogP contribution in [0.5, 0.6) is 0 Å². The van der Waals surface area contributed by atoms with Crippen LogP contribution < -0.4 is 0 Å². The first-order chi connectivity index (χ1) is 6.42. The second-order valence-electron chi connectivity index (χ2n) is 3.64. The van der Waals surface area contributed by atoms with E-state index in [1.807, 2.05) is 0 Å². The minimum atomic E-state index is -5.78. The molecule has 0 spiro atoms. The van der Waals surface area contributed by atoms with Crippen molar-refractivity contribution in [2.24, 2.45) is 5.41 Å². The van der Waals surface area contributed by atoms with E-state index in [0.717, 1.165) is 20.8 Å². The lowest BCUT2D eigenvalue weighted by Crippen LogP contribution is -2.46. The van der Waals surface area contributed by atoms with Gasteiger partial charge in [-0.15, -0.1) is 0 Å². The molecule has 0 saturated carbocycles. The first kappa shape index (κ1) is 14.2. The van der Waals surface area contributed by atoms with Crippen molar-refractivity contribution >= 4 is 16.1 Å². The zero-order chi connectivity index (χ0) is 12.5. The molecule has 0 saturated heterocycles. The maximum Gasteiger partial charge on any atom is 0.342 e. The maximum absolute atomic E-state index is 13.1. The molecule has 8 heteroatoms. The molecule has 0 rings (SSSR count). The van der Waals surface area contributed by atoms with Crippen LogP contribution in [-0.2, 0) is 19.6 Å². The van der Waals surface area contributed by atoms with Gasteiger partial charge in [0.1, 0.15) is 6.61 Å². The molecule has 0 aromatic carbocycles. The van der Waals surface area contributed by atoms with E-state index in [1.165, 1.54) is 0 Å². The maximum atomic E-state index is 13.1. The predicted molar refractivity (Wildman–Crippen MR) is 45.1 cm³/mol. The van der Waals surface area contributed by atoms with Gasteiger partial charge >= 0.3 is 11.2 Å². The molecule has 90 valence electrons. The van der Waals surface area contributed by atoms with Crippen LogP contribution in [0.25, 0.3) is 0 Å². The van der Waals surface area contributed by atoms with Crippen molar-refractivity contribution in [2.45, 2.75) is 26.0 Å². The smallest absolute Gasteiger partial charge is 0.342 e. The van der Waals surface area contributed by atoms with Gasteiger partial charge in [0.25, 0.3) is 0 Å². The summed E-state index contributed by atoms with van der Waals surface area (Å²) in [7, 11) is -5.78. The van der Waals surface area contributed by atoms with Crippen molar-refractivity contribution in [3.63, 3.8) is 0 Å². The normalized spacial score (nSPS) is 13.7. The Labute approximate surface area is 86.2 Å². The standard InChI is InChI=1S/C7H12F2O5S/c1-5(10)14-4-6(2,3)7(8,9)15(11,12)13/h4H2,1-3H3,(H,11,12,13)/p-1. The molecule has 0 atom stereocenters. The van der Waals surface area contributed by atoms with Crippen molar-refractivity contribution < 1.29 is 31.3 Å². The van der Waals surface area contributed by atoms with Crippen LogP contribution in [0, 0.1) is 5.41 Å². The molecule has 0 amide bonds. The average molecular weight is 245 g/mol. The van der Waals surface area contributed by atoms with E-state index in [4.69, 9.17) is 0 Å². The van der Waals surface area contributed by atoms with Crippen molar-refractivity contribution in [1.82, 2.24) is 0 Å². The van der Waals surface area contributed by atoms with Crippen LogP contribution in [-0.4, -0.2) is 30.8 Å². The molecular formula is C7H11F2O5S-. The lowest BCUT2D eigenvalue weighted by molar-refractivity contribution is -0.150. The number of ether oxygens (including phenoxy) is 1. The van der Waals surface area contributed by atoms with Gasteiger partial charge in [0.15, 0.2) is 10.1 Å². The van der Waals surface area contributed by atoms with Crippen LogP contribution in [0.2, 0.25) is 0 Å². The highest BCUT2D eigenvalue weighted by Gasteiger charge is 2.53. The number of hydrogen-bond donors (Lipinski definition) is 0. The average Bonchev–Trinajstić information content (AvgIpc) is 1.98. The summed E-state index contributed by atoms with van der Waals surface area (Å²) < 4.78 is 61.3. The lowest BCUT2D eigenvalue weighted by atomic mass is 9.95. The Balaban J connectivity index is 4.94. The molecule has 0 aromatic rings. The molecule has 0 N–H and O–H groups in total. The summed E-state index contributed by atoms with van der Waals surface area (Å²) >= 11 is 0. The Kier molecular flexibility index (Phi) is 3.81. The second kappa shape index (κ2) is 4.01. The van der Waals surface area contributed by atoms with Gasteiger partial charge in [0, 0.05) is 6.92 Å². The van der Waals surface area contributed by atoms with Gasteiger partial charge in [-0.05, 0) is 13.8 Å². The van der Waals surface area contributed by atoms with E-state index < -0.39 is 33.4 Å². The third-order valence-electron chi connectivity index (χ3n) is 1.74. The highest BCUT2D eigenvalue weighted by Crippen LogP contribution is 2.40. The molecule has 0 heterocycles. The molecule has 0 unspecified atom stereocenters. The molecule has 0 fully saturated rings. The van der Waals surface area contributed by atoms with Gasteiger partial charge in [-0.25, -0.2) is 8.42 Å². The van der Waals surface area contributed by atoms with Crippen LogP contribution >= 0.6 is 0 Å². The first-order valence-electron chi connectivity index (χ1n) is 3.88. The Bertz CT molecular complexity index is 346. The number of esters is 1. The monoisotopic (exact) mass is 245 g/mol. The quantitative estimate of drug-likeness (QED) is 0.538. The molecule has 0 radical (unpaired) electrons. The summed E-state index contributed by atoms with van der Waals surface area (Å²) in [6, 6.07) is 0. The minimum absolute atomic E-state index is 0.825. The third-order valence-corrected chi connectivity index (χ3v) is 2.92. The number of carbonyl (C=O) groups is 1. The van der Waals surface area contributed by atoms with Gasteiger partial charge < -0.3 is 9.29 Å². The Morgan fingerprint density at radius 2 is 1.80 bits per heavy atom. The summed E-state index contributed by atoms with van der Waals surface area (Å²) in [5, 5.41) is -4.49. The lowest BCUT2D eigenvalue weighted by Gasteiger charge is -2.34. The Hall–Kier alpha value is -0.760. The number of halogens is 2. The van der Waals surface area contributed by atoms with Crippen molar-refractivity contribution in [2.75, 3.05) is 6.61 Å². The van der Waals surface area contributed by atoms with E-state index in [-0.39, 0.29) is 0 Å². The fraction of sp³-hybridized carbons (Fsp3) is 0.857. The zero-order valence-corrected chi connectivity index (χ0v) is 9.23. The Morgan fingerprint density at radius 3 is 2.07 bits per heavy atom. The molecule has 0 bridgehead atoms. The Morgan fingerprint density at radius 1 is 1.40 bits per heavy atom.